The van der Waals surface area contributed by atoms with Crippen LogP contribution in [-0.4, -0.2) is 65.0 Å². The van der Waals surface area contributed by atoms with Crippen molar-refractivity contribution >= 4 is 41.5 Å². The zero-order valence-corrected chi connectivity index (χ0v) is 21.9. The Morgan fingerprint density at radius 2 is 1.75 bits per heavy atom. The lowest BCUT2D eigenvalue weighted by atomic mass is 10.0. The first-order valence-corrected chi connectivity index (χ1v) is 10.7. The van der Waals surface area contributed by atoms with E-state index in [-0.39, 0.29) is 30.0 Å². The molecule has 0 aliphatic carbocycles. The first kappa shape index (κ1) is 26.5. The number of guanidine groups is 1. The van der Waals surface area contributed by atoms with Crippen LogP contribution in [0.25, 0.3) is 0 Å². The van der Waals surface area contributed by atoms with Crippen LogP contribution < -0.4 is 20.1 Å². The molecule has 0 radical (unpaired) electrons. The number of hydrogen-bond acceptors (Lipinski definition) is 5. The molecular weight excluding hydrogens is 543 g/mol. The van der Waals surface area contributed by atoms with Crippen molar-refractivity contribution in [2.75, 3.05) is 54.1 Å². The molecule has 0 spiro atoms. The molecule has 0 saturated carbocycles. The lowest BCUT2D eigenvalue weighted by Gasteiger charge is -2.35. The van der Waals surface area contributed by atoms with Crippen LogP contribution in [0.4, 0.5) is 0 Å². The van der Waals surface area contributed by atoms with E-state index < -0.39 is 0 Å². The molecule has 2 N–H and O–H groups in total. The van der Waals surface area contributed by atoms with Crippen molar-refractivity contribution in [3.63, 3.8) is 0 Å². The molecule has 0 amide bonds. The molecule has 0 bridgehead atoms. The summed E-state index contributed by atoms with van der Waals surface area (Å²) in [6.07, 6.45) is 0. The molecule has 0 aromatic heterocycles. The number of morpholine rings is 1. The summed E-state index contributed by atoms with van der Waals surface area (Å²) < 4.78 is 16.2. The summed E-state index contributed by atoms with van der Waals surface area (Å²) in [6.45, 7) is 4.61. The minimum atomic E-state index is 0. The number of nitrogens with one attached hydrogen (secondary N) is 2. The topological polar surface area (TPSA) is 67.4 Å². The maximum absolute atomic E-state index is 6.10. The molecule has 1 heterocycles. The van der Waals surface area contributed by atoms with Crippen molar-refractivity contribution in [3.8, 4) is 11.5 Å². The van der Waals surface area contributed by atoms with Gasteiger partial charge in [-0.15, -0.1) is 24.0 Å². The van der Waals surface area contributed by atoms with Gasteiger partial charge >= 0.3 is 0 Å². The highest BCUT2D eigenvalue weighted by molar-refractivity contribution is 14.0. The monoisotopic (exact) mass is 574 g/mol. The van der Waals surface area contributed by atoms with E-state index in [4.69, 9.17) is 25.8 Å². The minimum Gasteiger partial charge on any atom is -0.493 e. The normalized spacial score (nSPS) is 15.4. The fourth-order valence-electron chi connectivity index (χ4n) is 3.62. The zero-order valence-electron chi connectivity index (χ0n) is 18.8. The van der Waals surface area contributed by atoms with E-state index in [1.54, 1.807) is 21.3 Å². The van der Waals surface area contributed by atoms with Gasteiger partial charge in [-0.2, -0.15) is 0 Å². The van der Waals surface area contributed by atoms with E-state index in [9.17, 15) is 0 Å². The maximum atomic E-state index is 6.10. The van der Waals surface area contributed by atoms with Crippen molar-refractivity contribution in [1.29, 1.82) is 0 Å². The van der Waals surface area contributed by atoms with Crippen LogP contribution in [0.3, 0.4) is 0 Å². The summed E-state index contributed by atoms with van der Waals surface area (Å²) in [5.41, 5.74) is 2.29. The summed E-state index contributed by atoms with van der Waals surface area (Å²) in [4.78, 5) is 6.81. The van der Waals surface area contributed by atoms with E-state index >= 15 is 0 Å². The van der Waals surface area contributed by atoms with Gasteiger partial charge in [0.05, 0.1) is 33.5 Å². The Bertz CT molecular complexity index is 861. The number of aliphatic imine (C=N–C) groups is 1. The van der Waals surface area contributed by atoms with E-state index in [1.165, 1.54) is 5.56 Å². The average Bonchev–Trinajstić information content (AvgIpc) is 2.82. The van der Waals surface area contributed by atoms with E-state index in [0.29, 0.717) is 24.6 Å². The summed E-state index contributed by atoms with van der Waals surface area (Å²) in [5, 5.41) is 7.58. The maximum Gasteiger partial charge on any atom is 0.191 e. The summed E-state index contributed by atoms with van der Waals surface area (Å²) in [7, 11) is 5.04. The van der Waals surface area contributed by atoms with Crippen LogP contribution in [0.1, 0.15) is 17.2 Å². The Morgan fingerprint density at radius 3 is 2.38 bits per heavy atom. The number of benzene rings is 2. The quantitative estimate of drug-likeness (QED) is 0.285. The Morgan fingerprint density at radius 1 is 1.06 bits per heavy atom. The van der Waals surface area contributed by atoms with Gasteiger partial charge in [0.2, 0.25) is 0 Å². The molecule has 2 aromatic carbocycles. The van der Waals surface area contributed by atoms with Gasteiger partial charge in [-0.05, 0) is 35.4 Å². The molecule has 9 heteroatoms. The lowest BCUT2D eigenvalue weighted by molar-refractivity contribution is 0.0170. The standard InChI is InChI=1S/C23H31ClN4O3.HI/c1-25-23(26-15-17-4-9-21(29-2)22(14-17)30-3)27-16-20(28-10-12-31-13-11-28)18-5-7-19(24)8-6-18;/h4-9,14,20H,10-13,15-16H2,1-3H3,(H2,25,26,27);1H. The highest BCUT2D eigenvalue weighted by Gasteiger charge is 2.23. The smallest absolute Gasteiger partial charge is 0.191 e. The third-order valence-corrected chi connectivity index (χ3v) is 5.59. The van der Waals surface area contributed by atoms with Gasteiger partial charge in [0.1, 0.15) is 0 Å². The molecule has 176 valence electrons. The Hall–Kier alpha value is -1.75. The predicted octanol–water partition coefficient (Wildman–Crippen LogP) is 3.71. The molecule has 1 saturated heterocycles. The summed E-state index contributed by atoms with van der Waals surface area (Å²) >= 11 is 6.10. The molecule has 1 aliphatic rings. The number of nitrogens with zero attached hydrogens (tertiary/aromatic N) is 2. The molecule has 2 aromatic rings. The van der Waals surface area contributed by atoms with Crippen LogP contribution >= 0.6 is 35.6 Å². The molecular formula is C23H32ClIN4O3. The van der Waals surface area contributed by atoms with Crippen LogP contribution in [0.5, 0.6) is 11.5 Å². The van der Waals surface area contributed by atoms with Gasteiger partial charge in [-0.3, -0.25) is 9.89 Å². The number of rotatable bonds is 8. The molecule has 7 nitrogen and oxygen atoms in total. The predicted molar refractivity (Wildman–Crippen MR) is 140 cm³/mol. The van der Waals surface area contributed by atoms with Gasteiger partial charge in [0.15, 0.2) is 17.5 Å². The first-order valence-electron chi connectivity index (χ1n) is 10.4. The first-order chi connectivity index (χ1) is 15.1. The fourth-order valence-corrected chi connectivity index (χ4v) is 3.75. The number of methoxy groups -OCH3 is 2. The zero-order chi connectivity index (χ0) is 22.1. The molecule has 1 unspecified atom stereocenters. The van der Waals surface area contributed by atoms with E-state index in [0.717, 1.165) is 42.8 Å². The summed E-state index contributed by atoms with van der Waals surface area (Å²) in [6, 6.07) is 14.1. The lowest BCUT2D eigenvalue weighted by Crippen LogP contribution is -2.46. The Kier molecular flexibility index (Phi) is 11.4. The van der Waals surface area contributed by atoms with Crippen LogP contribution in [-0.2, 0) is 11.3 Å². The van der Waals surface area contributed by atoms with Crippen LogP contribution in [0, 0.1) is 0 Å². The molecule has 1 aliphatic heterocycles. The third-order valence-electron chi connectivity index (χ3n) is 5.34. The van der Waals surface area contributed by atoms with Gasteiger partial charge in [0.25, 0.3) is 0 Å². The second-order valence-electron chi connectivity index (χ2n) is 7.21. The van der Waals surface area contributed by atoms with Gasteiger partial charge in [0, 0.05) is 38.2 Å². The van der Waals surface area contributed by atoms with Crippen molar-refractivity contribution < 1.29 is 14.2 Å². The van der Waals surface area contributed by atoms with Gasteiger partial charge in [-0.25, -0.2) is 0 Å². The van der Waals surface area contributed by atoms with Crippen molar-refractivity contribution in [1.82, 2.24) is 15.5 Å². The number of hydrogen-bond donors (Lipinski definition) is 2. The minimum absolute atomic E-state index is 0. The summed E-state index contributed by atoms with van der Waals surface area (Å²) in [5.74, 6) is 2.16. The van der Waals surface area contributed by atoms with Gasteiger partial charge < -0.3 is 24.8 Å². The number of ether oxygens (including phenoxy) is 3. The van der Waals surface area contributed by atoms with Gasteiger partial charge in [-0.1, -0.05) is 29.8 Å². The van der Waals surface area contributed by atoms with E-state index in [1.807, 2.05) is 30.3 Å². The second-order valence-corrected chi connectivity index (χ2v) is 7.65. The molecule has 3 rings (SSSR count). The largest absolute Gasteiger partial charge is 0.493 e. The molecule has 1 fully saturated rings. The highest BCUT2D eigenvalue weighted by Crippen LogP contribution is 2.27. The Labute approximate surface area is 212 Å². The molecule has 1 atom stereocenters. The number of halogens is 2. The van der Waals surface area contributed by atoms with Crippen molar-refractivity contribution in [3.05, 3.63) is 58.6 Å². The second kappa shape index (κ2) is 13.7. The molecule has 32 heavy (non-hydrogen) atoms. The average molecular weight is 575 g/mol. The fraction of sp³-hybridized carbons (Fsp3) is 0.435. The van der Waals surface area contributed by atoms with Crippen molar-refractivity contribution in [2.45, 2.75) is 12.6 Å². The van der Waals surface area contributed by atoms with E-state index in [2.05, 4.69) is 32.7 Å². The third kappa shape index (κ3) is 7.40. The highest BCUT2D eigenvalue weighted by atomic mass is 127. The SMILES string of the molecule is CN=C(NCc1ccc(OC)c(OC)c1)NCC(c1ccc(Cl)cc1)N1CCOCC1.I. The Balaban J connectivity index is 0.00000363. The van der Waals surface area contributed by atoms with Crippen LogP contribution in [0.2, 0.25) is 5.02 Å². The van der Waals surface area contributed by atoms with Crippen molar-refractivity contribution in [2.24, 2.45) is 4.99 Å². The van der Waals surface area contributed by atoms with Crippen LogP contribution in [0.15, 0.2) is 47.5 Å².